The number of ketones is 1. The standard InChI is InChI=1S/C66H76N6O16/c1-8-24-86-63(78)68-23-10-12-50(68)59(74)67-49(28-40(3)4)54(73)29-41-13-15-42(16-14-41)38-88-65(80)72-52-34-58(56(83-7)32-48(52)61(76)71-39-66(21-22-66)35-53(71)62(72)77)85-27-11-26-84-57-33-51-47(31-55(57)82-6)60(75)69-36-44(43-17-19-46(81-5)20-18-43)30-45(69)37-70(51)64(79)87-25-9-2/h8-9,13-20,31-34,36,40,45,49-50,53,62,77H,1-2,10-12,21-30,35,37-39H2,3-7H3,(H,67,74)/t45-,49-,50-,53-,62?/m0/s1. The molecule has 22 nitrogen and oxygen atoms in total. The second-order valence-corrected chi connectivity index (χ2v) is 23.4. The summed E-state index contributed by atoms with van der Waals surface area (Å²) in [6.07, 6.45) is 5.56. The first-order valence-electron chi connectivity index (χ1n) is 29.8. The number of hydrogen-bond acceptors (Lipinski definition) is 16. The van der Waals surface area contributed by atoms with Gasteiger partial charge in [-0.3, -0.25) is 29.0 Å². The van der Waals surface area contributed by atoms with Crippen LogP contribution in [0.15, 0.2) is 104 Å². The Labute approximate surface area is 511 Å². The Kier molecular flexibility index (Phi) is 19.0. The van der Waals surface area contributed by atoms with Crippen LogP contribution in [0.5, 0.6) is 28.7 Å². The minimum atomic E-state index is -1.49. The maximum Gasteiger partial charge on any atom is 0.416 e. The van der Waals surface area contributed by atoms with Gasteiger partial charge in [-0.05, 0) is 103 Å². The molecule has 3 fully saturated rings. The van der Waals surface area contributed by atoms with Crippen LogP contribution in [0.2, 0.25) is 0 Å². The first-order chi connectivity index (χ1) is 42.5. The number of aliphatic hydroxyl groups is 1. The predicted octanol–water partition coefficient (Wildman–Crippen LogP) is 8.86. The molecule has 1 unspecified atom stereocenters. The minimum Gasteiger partial charge on any atom is -0.497 e. The van der Waals surface area contributed by atoms with E-state index >= 15 is 0 Å². The topological polar surface area (TPSA) is 242 Å². The van der Waals surface area contributed by atoms with Gasteiger partial charge in [0.1, 0.15) is 31.6 Å². The second kappa shape index (κ2) is 26.9. The molecule has 1 saturated carbocycles. The molecule has 10 rings (SSSR count). The fourth-order valence-electron chi connectivity index (χ4n) is 12.3. The van der Waals surface area contributed by atoms with Crippen molar-refractivity contribution in [3.63, 3.8) is 0 Å². The van der Waals surface area contributed by atoms with Crippen LogP contribution in [-0.4, -0.2) is 159 Å². The SMILES string of the molecule is C=CCOC(=O)N1C[C@@H]2CC(c3ccc(OC)cc3)=CN2C(=O)c2cc(OC)c(OCCCOc3cc4c(cc3OC)C(=O)N3CC5(CC5)C[C@H]3C(O)N4C(=O)OCc3ccc(CC(=O)[C@H](CC(C)C)NC(=O)[C@@H]4CCCN4C(=O)OCC=C)cc3)cc21. The van der Waals surface area contributed by atoms with Crippen LogP contribution in [0.3, 0.4) is 0 Å². The molecule has 5 heterocycles. The van der Waals surface area contributed by atoms with Crippen LogP contribution < -0.4 is 38.8 Å². The molecule has 466 valence electrons. The van der Waals surface area contributed by atoms with Crippen LogP contribution in [0.1, 0.15) is 103 Å². The number of hydrogen-bond donors (Lipinski definition) is 2. The maximum atomic E-state index is 14.5. The average Bonchev–Trinajstić information content (AvgIpc) is 1.61. The molecule has 88 heavy (non-hydrogen) atoms. The second-order valence-electron chi connectivity index (χ2n) is 23.4. The van der Waals surface area contributed by atoms with E-state index in [2.05, 4.69) is 18.5 Å². The first-order valence-corrected chi connectivity index (χ1v) is 29.8. The van der Waals surface area contributed by atoms with Gasteiger partial charge < -0.3 is 58.1 Å². The number of aliphatic hydroxyl groups excluding tert-OH is 1. The summed E-state index contributed by atoms with van der Waals surface area (Å²) in [5, 5.41) is 15.1. The third-order valence-electron chi connectivity index (χ3n) is 17.0. The number of ether oxygens (including phenoxy) is 8. The van der Waals surface area contributed by atoms with Gasteiger partial charge in [0.2, 0.25) is 5.91 Å². The van der Waals surface area contributed by atoms with Crippen LogP contribution in [0.4, 0.5) is 25.8 Å². The number of benzene rings is 4. The number of nitrogens with one attached hydrogen (secondary N) is 1. The third kappa shape index (κ3) is 13.3. The summed E-state index contributed by atoms with van der Waals surface area (Å²) < 4.78 is 46.1. The van der Waals surface area contributed by atoms with Gasteiger partial charge in [-0.15, -0.1) is 0 Å². The normalized spacial score (nSPS) is 19.9. The lowest BCUT2D eigenvalue weighted by Crippen LogP contribution is -2.51. The molecule has 4 aromatic carbocycles. The molecule has 2 N–H and O–H groups in total. The smallest absolute Gasteiger partial charge is 0.416 e. The Hall–Kier alpha value is -9.05. The number of carbonyl (C=O) groups is 7. The highest BCUT2D eigenvalue weighted by Gasteiger charge is 2.58. The van der Waals surface area contributed by atoms with Gasteiger partial charge in [0.25, 0.3) is 11.8 Å². The number of fused-ring (bicyclic) bond motifs is 4. The number of Topliss-reactive ketones (excluding diaryl/α,β-unsaturated/α-hetero) is 1. The Morgan fingerprint density at radius 2 is 1.40 bits per heavy atom. The van der Waals surface area contributed by atoms with E-state index in [4.69, 9.17) is 37.9 Å². The highest BCUT2D eigenvalue weighted by atomic mass is 16.6. The zero-order chi connectivity index (χ0) is 62.4. The van der Waals surface area contributed by atoms with Crippen molar-refractivity contribution in [2.45, 2.75) is 109 Å². The van der Waals surface area contributed by atoms with E-state index in [1.807, 2.05) is 44.3 Å². The number of carbonyl (C=O) groups excluding carboxylic acids is 7. The summed E-state index contributed by atoms with van der Waals surface area (Å²) in [6, 6.07) is 17.9. The molecule has 1 spiro atoms. The van der Waals surface area contributed by atoms with Gasteiger partial charge in [-0.2, -0.15) is 0 Å². The lowest BCUT2D eigenvalue weighted by Gasteiger charge is -2.31. The predicted molar refractivity (Wildman–Crippen MR) is 324 cm³/mol. The quantitative estimate of drug-likeness (QED) is 0.0400. The number of likely N-dealkylation sites (tertiary alicyclic amines) is 1. The summed E-state index contributed by atoms with van der Waals surface area (Å²) in [5.41, 5.74) is 3.60. The van der Waals surface area contributed by atoms with Crippen molar-refractivity contribution in [1.29, 1.82) is 0 Å². The fourth-order valence-corrected chi connectivity index (χ4v) is 12.3. The fraction of sp³-hybridized carbons (Fsp3) is 0.439. The van der Waals surface area contributed by atoms with E-state index < -0.39 is 54.6 Å². The van der Waals surface area contributed by atoms with Crippen molar-refractivity contribution in [3.05, 3.63) is 132 Å². The molecule has 2 saturated heterocycles. The van der Waals surface area contributed by atoms with Gasteiger partial charge in [0, 0.05) is 44.3 Å². The van der Waals surface area contributed by atoms with Crippen molar-refractivity contribution < 1.29 is 76.6 Å². The van der Waals surface area contributed by atoms with Crippen molar-refractivity contribution in [3.8, 4) is 28.7 Å². The lowest BCUT2D eigenvalue weighted by molar-refractivity contribution is -0.130. The molecule has 0 radical (unpaired) electrons. The molecule has 0 bridgehead atoms. The Bertz CT molecular complexity index is 3360. The zero-order valence-electron chi connectivity index (χ0n) is 50.4. The van der Waals surface area contributed by atoms with E-state index in [-0.39, 0.29) is 127 Å². The minimum absolute atomic E-state index is 0.00656. The number of amides is 6. The molecule has 6 amide bonds. The van der Waals surface area contributed by atoms with E-state index in [0.717, 1.165) is 28.9 Å². The molecular weight excluding hydrogens is 1130 g/mol. The monoisotopic (exact) mass is 1210 g/mol. The highest BCUT2D eigenvalue weighted by Crippen LogP contribution is 2.57. The molecule has 4 aromatic rings. The first kappa shape index (κ1) is 62.0. The molecule has 22 heteroatoms. The van der Waals surface area contributed by atoms with Crippen LogP contribution >= 0.6 is 0 Å². The number of nitrogens with zero attached hydrogens (tertiary/aromatic N) is 5. The summed E-state index contributed by atoms with van der Waals surface area (Å²) in [5.74, 6) is 0.330. The van der Waals surface area contributed by atoms with E-state index in [0.29, 0.717) is 62.1 Å². The molecule has 5 atom stereocenters. The summed E-state index contributed by atoms with van der Waals surface area (Å²) in [6.45, 7) is 11.9. The number of rotatable bonds is 23. The van der Waals surface area contributed by atoms with Gasteiger partial charge >= 0.3 is 18.3 Å². The third-order valence-corrected chi connectivity index (χ3v) is 17.0. The summed E-state index contributed by atoms with van der Waals surface area (Å²) in [4.78, 5) is 104. The Morgan fingerprint density at radius 1 is 0.761 bits per heavy atom. The highest BCUT2D eigenvalue weighted by molar-refractivity contribution is 6.08. The maximum absolute atomic E-state index is 14.5. The van der Waals surface area contributed by atoms with E-state index in [1.54, 1.807) is 53.3 Å². The molecule has 0 aromatic heterocycles. The van der Waals surface area contributed by atoms with E-state index in [1.165, 1.54) is 48.3 Å². The number of methoxy groups -OCH3 is 3. The van der Waals surface area contributed by atoms with Gasteiger partial charge in [0.15, 0.2) is 35.0 Å². The van der Waals surface area contributed by atoms with Gasteiger partial charge in [-0.25, -0.2) is 19.3 Å². The largest absolute Gasteiger partial charge is 0.497 e. The molecule has 6 aliphatic rings. The van der Waals surface area contributed by atoms with Crippen molar-refractivity contribution in [1.82, 2.24) is 20.0 Å². The van der Waals surface area contributed by atoms with Crippen LogP contribution in [0.25, 0.3) is 5.57 Å². The zero-order valence-corrected chi connectivity index (χ0v) is 50.4. The summed E-state index contributed by atoms with van der Waals surface area (Å²) >= 11 is 0. The average molecular weight is 1210 g/mol. The number of anilines is 2. The lowest BCUT2D eigenvalue weighted by atomic mass is 9.95. The Morgan fingerprint density at radius 3 is 2.02 bits per heavy atom. The van der Waals surface area contributed by atoms with Gasteiger partial charge in [0.05, 0.1) is 81.7 Å². The Balaban J connectivity index is 0.814. The van der Waals surface area contributed by atoms with Crippen molar-refractivity contribution in [2.75, 3.05) is 77.2 Å². The van der Waals surface area contributed by atoms with E-state index in [9.17, 15) is 38.7 Å². The molecule has 1 aliphatic carbocycles. The van der Waals surface area contributed by atoms with Crippen LogP contribution in [-0.2, 0) is 36.8 Å². The van der Waals surface area contributed by atoms with Crippen molar-refractivity contribution in [2.24, 2.45) is 11.3 Å². The van der Waals surface area contributed by atoms with Crippen LogP contribution in [0, 0.1) is 11.3 Å². The molecule has 5 aliphatic heterocycles. The van der Waals surface area contributed by atoms with Gasteiger partial charge in [-0.1, -0.05) is 75.6 Å². The molecular formula is C66H76N6O16. The summed E-state index contributed by atoms with van der Waals surface area (Å²) in [7, 11) is 4.48. The van der Waals surface area contributed by atoms with Crippen molar-refractivity contribution >= 4 is 58.7 Å².